The van der Waals surface area contributed by atoms with E-state index in [2.05, 4.69) is 40.6 Å². The second-order valence-corrected chi connectivity index (χ2v) is 11.2. The number of nitrogens with zero attached hydrogens (tertiary/aromatic N) is 7. The fourth-order valence-electron chi connectivity index (χ4n) is 4.73. The lowest BCUT2D eigenvalue weighted by Gasteiger charge is -2.34. The first-order chi connectivity index (χ1) is 18.7. The van der Waals surface area contributed by atoms with Gasteiger partial charge in [-0.15, -0.1) is 0 Å². The Kier molecular flexibility index (Phi) is 7.40. The maximum atomic E-state index is 12.7. The molecule has 4 aromatic rings. The molecule has 0 bridgehead atoms. The number of piperidine rings is 1. The summed E-state index contributed by atoms with van der Waals surface area (Å²) >= 11 is 0. The Morgan fingerprint density at radius 2 is 2.00 bits per heavy atom. The molecule has 0 aliphatic carbocycles. The molecule has 1 aliphatic rings. The zero-order valence-electron chi connectivity index (χ0n) is 23.3. The van der Waals surface area contributed by atoms with Crippen molar-refractivity contribution in [2.24, 2.45) is 0 Å². The molecule has 1 aromatic carbocycles. The van der Waals surface area contributed by atoms with E-state index in [0.717, 1.165) is 29.7 Å². The van der Waals surface area contributed by atoms with Crippen molar-refractivity contribution in [2.45, 2.75) is 71.7 Å². The average Bonchev–Trinajstić information content (AvgIpc) is 3.57. The molecule has 5 rings (SSSR count). The van der Waals surface area contributed by atoms with Gasteiger partial charge in [-0.1, -0.05) is 18.2 Å². The molecule has 11 nitrogen and oxygen atoms in total. The van der Waals surface area contributed by atoms with Crippen LogP contribution in [-0.2, 0) is 11.3 Å². The van der Waals surface area contributed by atoms with Gasteiger partial charge in [0.05, 0.1) is 12.0 Å². The molecule has 3 aromatic heterocycles. The average molecular weight is 532 g/mol. The Balaban J connectivity index is 1.39. The van der Waals surface area contributed by atoms with Crippen molar-refractivity contribution in [3.63, 3.8) is 0 Å². The molecule has 0 spiro atoms. The van der Waals surface area contributed by atoms with Gasteiger partial charge in [0.25, 0.3) is 0 Å². The summed E-state index contributed by atoms with van der Waals surface area (Å²) in [7, 11) is 0. The quantitative estimate of drug-likeness (QED) is 0.342. The van der Waals surface area contributed by atoms with Crippen LogP contribution in [0.2, 0.25) is 0 Å². The third kappa shape index (κ3) is 6.13. The monoisotopic (exact) mass is 531 g/mol. The zero-order valence-corrected chi connectivity index (χ0v) is 23.3. The lowest BCUT2D eigenvalue weighted by Crippen LogP contribution is -2.47. The summed E-state index contributed by atoms with van der Waals surface area (Å²) < 4.78 is 9.49. The van der Waals surface area contributed by atoms with Crippen LogP contribution < -0.4 is 10.6 Å². The highest BCUT2D eigenvalue weighted by Gasteiger charge is 2.28. The molecule has 1 saturated heterocycles. The maximum Gasteiger partial charge on any atom is 0.410 e. The molecule has 0 radical (unpaired) electrons. The first-order valence-electron chi connectivity index (χ1n) is 13.5. The van der Waals surface area contributed by atoms with E-state index < -0.39 is 5.60 Å². The molecule has 1 amide bonds. The number of hydrogen-bond donors (Lipinski definition) is 2. The predicted molar refractivity (Wildman–Crippen MR) is 151 cm³/mol. The van der Waals surface area contributed by atoms with E-state index in [4.69, 9.17) is 14.7 Å². The second kappa shape index (κ2) is 10.9. The Morgan fingerprint density at radius 3 is 2.74 bits per heavy atom. The lowest BCUT2D eigenvalue weighted by atomic mass is 10.1. The number of likely N-dealkylation sites (tertiary alicyclic amines) is 1. The lowest BCUT2D eigenvalue weighted by molar-refractivity contribution is 0.0206. The minimum atomic E-state index is -0.530. The fraction of sp³-hybridized carbons (Fsp3) is 0.464. The van der Waals surface area contributed by atoms with Crippen molar-refractivity contribution >= 4 is 29.0 Å². The van der Waals surface area contributed by atoms with Crippen molar-refractivity contribution in [1.29, 1.82) is 0 Å². The number of anilines is 2. The van der Waals surface area contributed by atoms with Crippen LogP contribution >= 0.6 is 0 Å². The molecule has 2 N–H and O–H groups in total. The molecule has 1 fully saturated rings. The highest BCUT2D eigenvalue weighted by atomic mass is 16.6. The van der Waals surface area contributed by atoms with E-state index in [0.29, 0.717) is 36.9 Å². The number of ether oxygens (including phenoxy) is 1. The van der Waals surface area contributed by atoms with Crippen LogP contribution in [0, 0.1) is 0 Å². The Hall–Kier alpha value is -4.15. The summed E-state index contributed by atoms with van der Waals surface area (Å²) in [5.74, 6) is 1.15. The van der Waals surface area contributed by atoms with E-state index in [1.807, 2.05) is 66.8 Å². The number of aromatic nitrogens is 6. The van der Waals surface area contributed by atoms with Gasteiger partial charge in [0, 0.05) is 44.1 Å². The summed E-state index contributed by atoms with van der Waals surface area (Å²) in [6, 6.07) is 10.2. The van der Waals surface area contributed by atoms with Gasteiger partial charge in [0.2, 0.25) is 5.95 Å². The van der Waals surface area contributed by atoms with Gasteiger partial charge >= 0.3 is 6.09 Å². The van der Waals surface area contributed by atoms with E-state index in [9.17, 15) is 4.79 Å². The maximum absolute atomic E-state index is 12.7. The summed E-state index contributed by atoms with van der Waals surface area (Å²) in [6.45, 7) is 11.6. The van der Waals surface area contributed by atoms with Crippen molar-refractivity contribution in [2.75, 3.05) is 23.7 Å². The third-order valence-corrected chi connectivity index (χ3v) is 6.57. The number of amides is 1. The van der Waals surface area contributed by atoms with E-state index in [1.54, 1.807) is 11.1 Å². The molecule has 1 aliphatic heterocycles. The summed E-state index contributed by atoms with van der Waals surface area (Å²) in [4.78, 5) is 28.8. The van der Waals surface area contributed by atoms with Crippen LogP contribution in [0.4, 0.5) is 16.6 Å². The van der Waals surface area contributed by atoms with Crippen LogP contribution in [0.25, 0.3) is 16.9 Å². The Morgan fingerprint density at radius 1 is 1.18 bits per heavy atom. The minimum absolute atomic E-state index is 0.00697. The van der Waals surface area contributed by atoms with E-state index >= 15 is 0 Å². The van der Waals surface area contributed by atoms with Gasteiger partial charge in [-0.05, 0) is 65.2 Å². The van der Waals surface area contributed by atoms with E-state index in [-0.39, 0.29) is 18.2 Å². The number of nitrogens with one attached hydrogen (secondary N) is 2. The van der Waals surface area contributed by atoms with Crippen LogP contribution in [0.1, 0.15) is 59.1 Å². The van der Waals surface area contributed by atoms with Crippen LogP contribution in [0.15, 0.2) is 49.1 Å². The summed E-state index contributed by atoms with van der Waals surface area (Å²) in [6.07, 6.45) is 6.99. The van der Waals surface area contributed by atoms with Crippen molar-refractivity contribution < 1.29 is 9.53 Å². The highest BCUT2D eigenvalue weighted by Crippen LogP contribution is 2.26. The fourth-order valence-corrected chi connectivity index (χ4v) is 4.73. The number of carbonyl (C=O) groups excluding carboxylic acids is 1. The number of fused-ring (bicyclic) bond motifs is 1. The Bertz CT molecular complexity index is 1420. The number of para-hydroxylation sites is 1. The van der Waals surface area contributed by atoms with Crippen molar-refractivity contribution in [3.8, 4) is 5.69 Å². The smallest absolute Gasteiger partial charge is 0.410 e. The number of imidazole rings is 1. The van der Waals surface area contributed by atoms with Crippen LogP contribution in [0.5, 0.6) is 0 Å². The molecule has 206 valence electrons. The Labute approximate surface area is 228 Å². The first kappa shape index (κ1) is 26.5. The molecule has 1 atom stereocenters. The third-order valence-electron chi connectivity index (χ3n) is 6.57. The normalized spacial score (nSPS) is 16.1. The van der Waals surface area contributed by atoms with Gasteiger partial charge in [-0.2, -0.15) is 15.1 Å². The van der Waals surface area contributed by atoms with Gasteiger partial charge in [-0.25, -0.2) is 14.5 Å². The minimum Gasteiger partial charge on any atom is -0.444 e. The van der Waals surface area contributed by atoms with Crippen LogP contribution in [-0.4, -0.2) is 65.0 Å². The number of benzene rings is 1. The molecular formula is C28H37N9O2. The SMILES string of the molecule is CC(C)n1cnc2c(NCc3ccccc3-n3cccn3)nc(N[C@H]3CCCN(C(=O)OC(C)(C)C)C3)nc21. The summed E-state index contributed by atoms with van der Waals surface area (Å²) in [5, 5.41) is 11.4. The molecule has 11 heteroatoms. The molecule has 4 heterocycles. The number of hydrogen-bond acceptors (Lipinski definition) is 8. The molecular weight excluding hydrogens is 494 g/mol. The number of carbonyl (C=O) groups is 1. The largest absolute Gasteiger partial charge is 0.444 e. The molecule has 39 heavy (non-hydrogen) atoms. The highest BCUT2D eigenvalue weighted by molar-refractivity contribution is 5.84. The molecule has 0 unspecified atom stereocenters. The van der Waals surface area contributed by atoms with Gasteiger partial charge in [-0.3, -0.25) is 0 Å². The first-order valence-corrected chi connectivity index (χ1v) is 13.5. The van der Waals surface area contributed by atoms with E-state index in [1.165, 1.54) is 0 Å². The standard InChI is InChI=1S/C28H37N9O2/c1-19(2)36-18-30-23-24(29-16-20-10-6-7-12-22(20)37-15-9-13-31-37)33-26(34-25(23)36)32-21-11-8-14-35(17-21)27(38)39-28(3,4)5/h6-7,9-10,12-13,15,18-19,21H,8,11,14,16-17H2,1-5H3,(H2,29,32,33,34)/t21-/m0/s1. The molecule has 0 saturated carbocycles. The van der Waals surface area contributed by atoms with Crippen LogP contribution in [0.3, 0.4) is 0 Å². The van der Waals surface area contributed by atoms with Crippen molar-refractivity contribution in [1.82, 2.24) is 34.2 Å². The van der Waals surface area contributed by atoms with Gasteiger partial charge < -0.3 is 24.8 Å². The van der Waals surface area contributed by atoms with Gasteiger partial charge in [0.15, 0.2) is 17.0 Å². The number of rotatable bonds is 7. The van der Waals surface area contributed by atoms with Crippen molar-refractivity contribution in [3.05, 3.63) is 54.6 Å². The predicted octanol–water partition coefficient (Wildman–Crippen LogP) is 5.02. The summed E-state index contributed by atoms with van der Waals surface area (Å²) in [5.41, 5.74) is 3.01. The topological polar surface area (TPSA) is 115 Å². The zero-order chi connectivity index (χ0) is 27.6. The van der Waals surface area contributed by atoms with Gasteiger partial charge in [0.1, 0.15) is 5.60 Å². The second-order valence-electron chi connectivity index (χ2n) is 11.2.